The summed E-state index contributed by atoms with van der Waals surface area (Å²) >= 11 is 0. The second-order valence-electron chi connectivity index (χ2n) is 10.8. The first-order valence-corrected chi connectivity index (χ1v) is 16.4. The minimum absolute atomic E-state index is 0.00542. The lowest BCUT2D eigenvalue weighted by Crippen LogP contribution is -2.18. The minimum atomic E-state index is -4.97. The smallest absolute Gasteiger partial charge is 0.446 e. The maximum atomic E-state index is 13.6. The lowest BCUT2D eigenvalue weighted by Gasteiger charge is -2.16. The Hall–Kier alpha value is -5.46. The fraction of sp³-hybridized carbons (Fsp3) is 0.194. The number of hydrogen-bond donors (Lipinski definition) is 1. The van der Waals surface area contributed by atoms with Crippen LogP contribution in [-0.2, 0) is 37.9 Å². The molecular formula is C36H32O11S. The van der Waals surface area contributed by atoms with Gasteiger partial charge in [0.05, 0.1) is 12.0 Å². The zero-order chi connectivity index (χ0) is 33.9. The molecule has 5 aromatic rings. The molecule has 1 atom stereocenters. The van der Waals surface area contributed by atoms with E-state index < -0.39 is 27.7 Å². The van der Waals surface area contributed by atoms with Crippen LogP contribution in [0.1, 0.15) is 30.4 Å². The average Bonchev–Trinajstić information content (AvgIpc) is 3.09. The van der Waals surface area contributed by atoms with E-state index in [1.165, 1.54) is 18.2 Å². The van der Waals surface area contributed by atoms with Crippen molar-refractivity contribution in [2.75, 3.05) is 6.61 Å². The molecule has 1 unspecified atom stereocenters. The number of ether oxygens (including phenoxy) is 3. The highest BCUT2D eigenvalue weighted by molar-refractivity contribution is 7.81. The summed E-state index contributed by atoms with van der Waals surface area (Å²) in [7, 11) is -4.97. The molecule has 0 saturated carbocycles. The number of carbonyl (C=O) groups excluding carboxylic acids is 2. The Labute approximate surface area is 276 Å². The lowest BCUT2D eigenvalue weighted by molar-refractivity contribution is -0.145. The number of benzene rings is 4. The molecule has 0 radical (unpaired) electrons. The molecule has 1 heterocycles. The van der Waals surface area contributed by atoms with Crippen molar-refractivity contribution in [1.82, 2.24) is 0 Å². The number of hydrogen-bond acceptors (Lipinski definition) is 10. The molecule has 48 heavy (non-hydrogen) atoms. The van der Waals surface area contributed by atoms with E-state index >= 15 is 0 Å². The molecule has 4 aromatic carbocycles. The Bertz CT molecular complexity index is 2020. The summed E-state index contributed by atoms with van der Waals surface area (Å²) in [5.74, 6) is -1.73. The summed E-state index contributed by atoms with van der Waals surface area (Å²) < 4.78 is 60.8. The van der Waals surface area contributed by atoms with Gasteiger partial charge >= 0.3 is 16.4 Å². The average molecular weight is 673 g/mol. The van der Waals surface area contributed by atoms with Gasteiger partial charge in [-0.15, -0.1) is 0 Å². The van der Waals surface area contributed by atoms with Gasteiger partial charge in [0.25, 0.3) is 0 Å². The van der Waals surface area contributed by atoms with Gasteiger partial charge in [0.2, 0.25) is 11.2 Å². The maximum Gasteiger partial charge on any atom is 0.446 e. The van der Waals surface area contributed by atoms with Crippen molar-refractivity contribution in [2.24, 2.45) is 5.92 Å². The van der Waals surface area contributed by atoms with Crippen molar-refractivity contribution in [1.29, 1.82) is 0 Å². The first-order chi connectivity index (χ1) is 23.2. The molecule has 0 fully saturated rings. The molecular weight excluding hydrogens is 640 g/mol. The molecule has 11 nitrogen and oxygen atoms in total. The van der Waals surface area contributed by atoms with Gasteiger partial charge in [-0.1, -0.05) is 72.8 Å². The highest BCUT2D eigenvalue weighted by atomic mass is 32.3. The zero-order valence-corrected chi connectivity index (χ0v) is 26.5. The molecule has 0 aliphatic heterocycles. The van der Waals surface area contributed by atoms with Gasteiger partial charge in [-0.05, 0) is 54.3 Å². The van der Waals surface area contributed by atoms with Crippen LogP contribution in [0.5, 0.6) is 17.2 Å². The normalized spacial score (nSPS) is 11.9. The lowest BCUT2D eigenvalue weighted by atomic mass is 10.0. The third kappa shape index (κ3) is 9.30. The molecule has 0 saturated heterocycles. The van der Waals surface area contributed by atoms with Crippen molar-refractivity contribution in [2.45, 2.75) is 32.5 Å². The topological polar surface area (TPSA) is 156 Å². The second-order valence-corrected chi connectivity index (χ2v) is 11.8. The molecule has 0 spiro atoms. The molecule has 0 amide bonds. The summed E-state index contributed by atoms with van der Waals surface area (Å²) in [5.41, 5.74) is 1.53. The van der Waals surface area contributed by atoms with Gasteiger partial charge in [0.15, 0.2) is 17.3 Å². The Balaban J connectivity index is 1.35. The highest BCUT2D eigenvalue weighted by Gasteiger charge is 2.22. The summed E-state index contributed by atoms with van der Waals surface area (Å²) in [4.78, 5) is 37.8. The number of rotatable bonds is 16. The Morgan fingerprint density at radius 2 is 1.50 bits per heavy atom. The minimum Gasteiger partial charge on any atom is -0.485 e. The van der Waals surface area contributed by atoms with Crippen LogP contribution in [0.3, 0.4) is 0 Å². The number of para-hydroxylation sites is 1. The number of esters is 1. The monoisotopic (exact) mass is 672 g/mol. The molecule has 5 rings (SSSR count). The third-order valence-electron chi connectivity index (χ3n) is 7.23. The van der Waals surface area contributed by atoms with Crippen LogP contribution < -0.4 is 19.1 Å². The van der Waals surface area contributed by atoms with Gasteiger partial charge in [-0.25, -0.2) is 0 Å². The molecule has 1 aromatic heterocycles. The van der Waals surface area contributed by atoms with Crippen molar-refractivity contribution in [3.05, 3.63) is 124 Å². The highest BCUT2D eigenvalue weighted by Crippen LogP contribution is 2.38. The predicted octanol–water partition coefficient (Wildman–Crippen LogP) is 6.33. The quantitative estimate of drug-likeness (QED) is 0.0710. The van der Waals surface area contributed by atoms with Crippen LogP contribution in [-0.4, -0.2) is 31.8 Å². The summed E-state index contributed by atoms with van der Waals surface area (Å²) in [6.45, 7) is 0.0160. The molecule has 12 heteroatoms. The van der Waals surface area contributed by atoms with E-state index in [1.54, 1.807) is 24.3 Å². The van der Waals surface area contributed by atoms with E-state index in [4.69, 9.17) is 22.8 Å². The van der Waals surface area contributed by atoms with Gasteiger partial charge < -0.3 is 27.6 Å². The van der Waals surface area contributed by atoms with Gasteiger partial charge in [0.1, 0.15) is 25.1 Å². The predicted molar refractivity (Wildman–Crippen MR) is 176 cm³/mol. The third-order valence-corrected chi connectivity index (χ3v) is 7.62. The summed E-state index contributed by atoms with van der Waals surface area (Å²) in [5, 5.41) is 0.220. The van der Waals surface area contributed by atoms with Gasteiger partial charge in [-0.3, -0.25) is 14.1 Å². The van der Waals surface area contributed by atoms with Crippen LogP contribution in [0, 0.1) is 5.92 Å². The van der Waals surface area contributed by atoms with Crippen molar-refractivity contribution in [3.63, 3.8) is 0 Å². The fourth-order valence-corrected chi connectivity index (χ4v) is 5.19. The standard InChI is InChI=1S/C36H32O11S/c37-21-27(14-9-17-33(38)44-23-26-12-5-2-6-13-26)24-45-36-34(39)29-15-7-8-16-30(29)46-35(36)28-18-19-31(32(20-28)47-48(40,41)42)43-22-25-10-3-1-4-11-25/h1-8,10-13,15-16,18-21,27H,9,14,17,22-24H2,(H,40,41,42). The van der Waals surface area contributed by atoms with Crippen LogP contribution in [0.25, 0.3) is 22.3 Å². The van der Waals surface area contributed by atoms with Gasteiger partial charge in [0, 0.05) is 17.9 Å². The largest absolute Gasteiger partial charge is 0.485 e. The number of aldehydes is 1. The number of fused-ring (bicyclic) bond motifs is 1. The van der Waals surface area contributed by atoms with E-state index in [9.17, 15) is 27.4 Å². The molecule has 1 N–H and O–H groups in total. The van der Waals surface area contributed by atoms with Crippen LogP contribution in [0.15, 0.2) is 112 Å². The van der Waals surface area contributed by atoms with E-state index in [-0.39, 0.29) is 72.2 Å². The van der Waals surface area contributed by atoms with Gasteiger partial charge in [-0.2, -0.15) is 8.42 Å². The summed E-state index contributed by atoms with van der Waals surface area (Å²) in [6, 6.07) is 29.0. The van der Waals surface area contributed by atoms with Crippen LogP contribution >= 0.6 is 0 Å². The SMILES string of the molecule is O=CC(CCCC(=O)OCc1ccccc1)COc1c(-c2ccc(OCc3ccccc3)c(OS(=O)(=O)O)c2)oc2ccccc2c1=O. The maximum absolute atomic E-state index is 13.6. The van der Waals surface area contributed by atoms with Crippen LogP contribution in [0.4, 0.5) is 0 Å². The first kappa shape index (κ1) is 33.9. The molecule has 248 valence electrons. The Morgan fingerprint density at radius 1 is 0.833 bits per heavy atom. The van der Waals surface area contributed by atoms with E-state index in [1.807, 2.05) is 60.7 Å². The Kier molecular flexibility index (Phi) is 11.2. The molecule has 0 bridgehead atoms. The van der Waals surface area contributed by atoms with Crippen LogP contribution in [0.2, 0.25) is 0 Å². The van der Waals surface area contributed by atoms with E-state index in [2.05, 4.69) is 0 Å². The number of carbonyl (C=O) groups is 2. The van der Waals surface area contributed by atoms with Crippen molar-refractivity contribution >= 4 is 33.6 Å². The Morgan fingerprint density at radius 3 is 2.19 bits per heavy atom. The van der Waals surface area contributed by atoms with Crippen molar-refractivity contribution < 1.29 is 45.4 Å². The summed E-state index contributed by atoms with van der Waals surface area (Å²) in [6.07, 6.45) is 1.42. The van der Waals surface area contributed by atoms with E-state index in [0.29, 0.717) is 12.7 Å². The first-order valence-electron chi connectivity index (χ1n) is 15.0. The second kappa shape index (κ2) is 15.9. The zero-order valence-electron chi connectivity index (χ0n) is 25.7. The fourth-order valence-electron chi connectivity index (χ4n) is 4.83. The molecule has 0 aliphatic carbocycles. The van der Waals surface area contributed by atoms with E-state index in [0.717, 1.165) is 11.1 Å². The molecule has 0 aliphatic rings. The van der Waals surface area contributed by atoms with Crippen molar-refractivity contribution in [3.8, 4) is 28.6 Å².